The summed E-state index contributed by atoms with van der Waals surface area (Å²) in [6.45, 7) is 1.52. The van der Waals surface area contributed by atoms with E-state index in [0.29, 0.717) is 23.2 Å². The molecule has 3 aromatic rings. The number of hydrogen-bond donors (Lipinski definition) is 7. The van der Waals surface area contributed by atoms with E-state index in [9.17, 15) is 20.1 Å². The summed E-state index contributed by atoms with van der Waals surface area (Å²) in [7, 11) is 0. The average molecular weight is 473 g/mol. The van der Waals surface area contributed by atoms with E-state index < -0.39 is 24.2 Å². The molecule has 176 valence electrons. The molecular formula is C22H28N6O4S. The smallest absolute Gasteiger partial charge is 0.264 e. The molecule has 1 aliphatic heterocycles. The lowest BCUT2D eigenvalue weighted by molar-refractivity contribution is 0.00446. The van der Waals surface area contributed by atoms with Gasteiger partial charge in [0, 0.05) is 25.1 Å². The Kier molecular flexibility index (Phi) is 6.30. The number of H-pyrrole nitrogens is 1. The summed E-state index contributed by atoms with van der Waals surface area (Å²) in [5.41, 5.74) is 0.734. The molecule has 1 unspecified atom stereocenters. The third-order valence-corrected chi connectivity index (χ3v) is 7.48. The molecule has 1 saturated carbocycles. The number of thiazole rings is 1. The first kappa shape index (κ1) is 22.2. The zero-order valence-electron chi connectivity index (χ0n) is 18.0. The van der Waals surface area contributed by atoms with Gasteiger partial charge in [-0.15, -0.1) is 11.3 Å². The van der Waals surface area contributed by atoms with Crippen LogP contribution < -0.4 is 21.5 Å². The van der Waals surface area contributed by atoms with Gasteiger partial charge in [0.05, 0.1) is 22.4 Å². The van der Waals surface area contributed by atoms with Crippen molar-refractivity contribution in [3.8, 4) is 10.6 Å². The zero-order chi connectivity index (χ0) is 22.9. The number of hydrogen-bond acceptors (Lipinski definition) is 10. The Labute approximate surface area is 194 Å². The van der Waals surface area contributed by atoms with Crippen LogP contribution in [0.3, 0.4) is 0 Å². The van der Waals surface area contributed by atoms with Gasteiger partial charge in [-0.3, -0.25) is 9.78 Å². The van der Waals surface area contributed by atoms with Gasteiger partial charge in [0.2, 0.25) is 5.95 Å². The first-order valence-corrected chi connectivity index (χ1v) is 12.1. The SMILES string of the molecule is O=c1[nH]c(NC2CCCNC2)nc(N[C@@H]2C[C@H](CO)[C@@H](O)[C@H]2O)c1-c1nc2ccccc2s1. The van der Waals surface area contributed by atoms with Crippen molar-refractivity contribution >= 4 is 33.3 Å². The summed E-state index contributed by atoms with van der Waals surface area (Å²) in [6, 6.07) is 7.22. The lowest BCUT2D eigenvalue weighted by Crippen LogP contribution is -2.39. The summed E-state index contributed by atoms with van der Waals surface area (Å²) in [5.74, 6) is 0.183. The van der Waals surface area contributed by atoms with Gasteiger partial charge in [0.25, 0.3) is 5.56 Å². The fraction of sp³-hybridized carbons (Fsp3) is 0.500. The van der Waals surface area contributed by atoms with Crippen LogP contribution in [0.2, 0.25) is 0 Å². The van der Waals surface area contributed by atoms with Gasteiger partial charge in [-0.1, -0.05) is 12.1 Å². The van der Waals surface area contributed by atoms with Crippen molar-refractivity contribution in [1.82, 2.24) is 20.3 Å². The monoisotopic (exact) mass is 472 g/mol. The van der Waals surface area contributed by atoms with Gasteiger partial charge < -0.3 is 31.3 Å². The number of rotatable bonds is 6. The molecule has 0 spiro atoms. The summed E-state index contributed by atoms with van der Waals surface area (Å²) in [4.78, 5) is 25.4. The van der Waals surface area contributed by atoms with Crippen molar-refractivity contribution in [2.45, 2.75) is 43.6 Å². The number of aliphatic hydroxyl groups excluding tert-OH is 3. The fourth-order valence-corrected chi connectivity index (χ4v) is 5.62. The molecule has 5 atom stereocenters. The molecule has 1 aromatic carbocycles. The maximum atomic E-state index is 13.2. The van der Waals surface area contributed by atoms with Crippen LogP contribution in [0.5, 0.6) is 0 Å². The third-order valence-electron chi connectivity index (χ3n) is 6.42. The summed E-state index contributed by atoms with van der Waals surface area (Å²) < 4.78 is 0.949. The second-order valence-corrected chi connectivity index (χ2v) is 9.75. The van der Waals surface area contributed by atoms with Gasteiger partial charge in [0.15, 0.2) is 0 Å². The lowest BCUT2D eigenvalue weighted by atomic mass is 10.1. The number of benzene rings is 1. The fourth-order valence-electron chi connectivity index (χ4n) is 4.62. The van der Waals surface area contributed by atoms with Crippen molar-refractivity contribution < 1.29 is 15.3 Å². The number of para-hydroxylation sites is 1. The minimum Gasteiger partial charge on any atom is -0.396 e. The van der Waals surface area contributed by atoms with E-state index in [4.69, 9.17) is 0 Å². The lowest BCUT2D eigenvalue weighted by Gasteiger charge is -2.25. The van der Waals surface area contributed by atoms with E-state index >= 15 is 0 Å². The Morgan fingerprint density at radius 3 is 2.73 bits per heavy atom. The number of aromatic nitrogens is 3. The Morgan fingerprint density at radius 1 is 1.15 bits per heavy atom. The Bertz CT molecular complexity index is 1140. The second kappa shape index (κ2) is 9.35. The van der Waals surface area contributed by atoms with Crippen molar-refractivity contribution in [2.24, 2.45) is 5.92 Å². The van der Waals surface area contributed by atoms with Gasteiger partial charge in [-0.05, 0) is 37.9 Å². The molecule has 0 amide bonds. The highest BCUT2D eigenvalue weighted by Gasteiger charge is 2.41. The molecule has 10 nitrogen and oxygen atoms in total. The summed E-state index contributed by atoms with van der Waals surface area (Å²) >= 11 is 1.39. The molecule has 11 heteroatoms. The van der Waals surface area contributed by atoms with Crippen molar-refractivity contribution in [1.29, 1.82) is 0 Å². The summed E-state index contributed by atoms with van der Waals surface area (Å²) in [6.07, 6.45) is 0.204. The van der Waals surface area contributed by atoms with E-state index in [2.05, 4.69) is 30.9 Å². The molecule has 5 rings (SSSR count). The van der Waals surface area contributed by atoms with Crippen molar-refractivity contribution in [3.05, 3.63) is 34.6 Å². The molecule has 0 bridgehead atoms. The van der Waals surface area contributed by atoms with Crippen LogP contribution in [0.1, 0.15) is 19.3 Å². The largest absolute Gasteiger partial charge is 0.396 e. The number of fused-ring (bicyclic) bond motifs is 1. The zero-order valence-corrected chi connectivity index (χ0v) is 18.8. The van der Waals surface area contributed by atoms with Crippen molar-refractivity contribution in [2.75, 3.05) is 30.3 Å². The van der Waals surface area contributed by atoms with E-state index in [1.807, 2.05) is 24.3 Å². The topological polar surface area (TPSA) is 155 Å². The number of nitrogens with one attached hydrogen (secondary N) is 4. The van der Waals surface area contributed by atoms with Crippen LogP contribution >= 0.6 is 11.3 Å². The Morgan fingerprint density at radius 2 is 2.00 bits per heavy atom. The predicted molar refractivity (Wildman–Crippen MR) is 128 cm³/mol. The minimum atomic E-state index is -1.09. The molecule has 3 heterocycles. The van der Waals surface area contributed by atoms with E-state index in [1.54, 1.807) is 0 Å². The molecule has 0 radical (unpaired) electrons. The molecule has 2 fully saturated rings. The van der Waals surface area contributed by atoms with Crippen LogP contribution in [0.15, 0.2) is 29.1 Å². The maximum Gasteiger partial charge on any atom is 0.264 e. The number of aliphatic hydroxyl groups is 3. The highest BCUT2D eigenvalue weighted by Crippen LogP contribution is 2.34. The molecule has 2 aliphatic rings. The van der Waals surface area contributed by atoms with Gasteiger partial charge in [0.1, 0.15) is 22.5 Å². The number of piperidine rings is 1. The van der Waals surface area contributed by atoms with E-state index in [1.165, 1.54) is 11.3 Å². The Balaban J connectivity index is 1.53. The number of nitrogens with zero attached hydrogens (tertiary/aromatic N) is 2. The first-order valence-electron chi connectivity index (χ1n) is 11.2. The van der Waals surface area contributed by atoms with Gasteiger partial charge in [-0.2, -0.15) is 4.98 Å². The van der Waals surface area contributed by atoms with Gasteiger partial charge in [-0.25, -0.2) is 4.98 Å². The van der Waals surface area contributed by atoms with Crippen LogP contribution in [-0.4, -0.2) is 74.3 Å². The van der Waals surface area contributed by atoms with E-state index in [-0.39, 0.29) is 23.8 Å². The molecule has 2 aromatic heterocycles. The second-order valence-electron chi connectivity index (χ2n) is 8.72. The molecular weight excluding hydrogens is 444 g/mol. The van der Waals surface area contributed by atoms with Crippen molar-refractivity contribution in [3.63, 3.8) is 0 Å². The molecule has 33 heavy (non-hydrogen) atoms. The third kappa shape index (κ3) is 4.46. The highest BCUT2D eigenvalue weighted by molar-refractivity contribution is 7.21. The van der Waals surface area contributed by atoms with Crippen LogP contribution in [0.25, 0.3) is 20.8 Å². The average Bonchev–Trinajstić information content (AvgIpc) is 3.35. The molecule has 1 aliphatic carbocycles. The van der Waals surface area contributed by atoms with Gasteiger partial charge >= 0.3 is 0 Å². The van der Waals surface area contributed by atoms with Crippen LogP contribution in [0.4, 0.5) is 11.8 Å². The standard InChI is InChI=1S/C22H28N6O4S/c29-10-11-8-14(18(31)17(11)30)25-19-16(21-26-13-5-1-2-6-15(13)33-21)20(32)28-22(27-19)24-12-4-3-7-23-9-12/h1-2,5-6,11-12,14,17-18,23,29-31H,3-4,7-10H2,(H3,24,25,27,28,32)/t11-,12?,14-,17-,18+/m1/s1. The van der Waals surface area contributed by atoms with E-state index in [0.717, 1.165) is 36.1 Å². The highest BCUT2D eigenvalue weighted by atomic mass is 32.1. The van der Waals surface area contributed by atoms with Crippen LogP contribution in [0, 0.1) is 5.92 Å². The maximum absolute atomic E-state index is 13.2. The first-order chi connectivity index (χ1) is 16.0. The molecule has 1 saturated heterocycles. The molecule has 7 N–H and O–H groups in total. The summed E-state index contributed by atoms with van der Waals surface area (Å²) in [5, 5.41) is 40.6. The predicted octanol–water partition coefficient (Wildman–Crippen LogP) is 0.725. The van der Waals surface area contributed by atoms with Crippen LogP contribution in [-0.2, 0) is 0 Å². The number of anilines is 2. The quantitative estimate of drug-likeness (QED) is 0.275. The number of aromatic amines is 1. The Hall–Kier alpha value is -2.57. The normalized spacial score (nSPS) is 27.7. The minimum absolute atomic E-state index is 0.140.